The topological polar surface area (TPSA) is 53.0 Å². The number of methoxy groups -OCH3 is 1. The Morgan fingerprint density at radius 1 is 1.30 bits per heavy atom. The Kier molecular flexibility index (Phi) is 4.98. The van der Waals surface area contributed by atoms with Crippen LogP contribution in [0.4, 0.5) is 0 Å². The second-order valence-corrected chi connectivity index (χ2v) is 5.21. The number of carboxylic acids is 1. The van der Waals surface area contributed by atoms with Crippen molar-refractivity contribution in [3.63, 3.8) is 0 Å². The molecule has 1 N–H and O–H groups in total. The summed E-state index contributed by atoms with van der Waals surface area (Å²) in [6.45, 7) is 3.41. The average Bonchev–Trinajstić information content (AvgIpc) is 2.46. The van der Waals surface area contributed by atoms with Crippen molar-refractivity contribution in [3.05, 3.63) is 29.8 Å². The minimum absolute atomic E-state index is 0.475. The summed E-state index contributed by atoms with van der Waals surface area (Å²) in [7, 11) is 3.68. The van der Waals surface area contributed by atoms with Gasteiger partial charge in [-0.2, -0.15) is 0 Å². The zero-order valence-electron chi connectivity index (χ0n) is 12.1. The first-order valence-electron chi connectivity index (χ1n) is 6.89. The number of benzene rings is 1. The Bertz CT molecular complexity index is 456. The van der Waals surface area contributed by atoms with Crippen LogP contribution >= 0.6 is 0 Å². The van der Waals surface area contributed by atoms with E-state index in [2.05, 4.69) is 16.8 Å². The highest BCUT2D eigenvalue weighted by molar-refractivity contribution is 5.74. The van der Waals surface area contributed by atoms with Gasteiger partial charge in [-0.25, -0.2) is 0 Å². The van der Waals surface area contributed by atoms with Crippen molar-refractivity contribution in [2.45, 2.75) is 12.5 Å². The molecule has 0 aromatic heterocycles. The SMILES string of the molecule is COc1ccccc1C[C@@H](C(=O)O)N1CCN(C)CC1. The number of ether oxygens (including phenoxy) is 1. The maximum absolute atomic E-state index is 11.6. The normalized spacial score (nSPS) is 18.7. The first kappa shape index (κ1) is 14.8. The van der Waals surface area contributed by atoms with E-state index in [0.717, 1.165) is 37.5 Å². The Labute approximate surface area is 119 Å². The van der Waals surface area contributed by atoms with Gasteiger partial charge in [0.2, 0.25) is 0 Å². The Hall–Kier alpha value is -1.59. The molecule has 1 aliphatic rings. The van der Waals surface area contributed by atoms with Gasteiger partial charge in [0, 0.05) is 32.6 Å². The molecule has 0 spiro atoms. The molecule has 5 heteroatoms. The molecule has 1 aliphatic heterocycles. The van der Waals surface area contributed by atoms with E-state index < -0.39 is 12.0 Å². The van der Waals surface area contributed by atoms with E-state index in [1.54, 1.807) is 7.11 Å². The molecule has 2 rings (SSSR count). The number of aliphatic carboxylic acids is 1. The third kappa shape index (κ3) is 3.49. The highest BCUT2D eigenvalue weighted by Gasteiger charge is 2.28. The standard InChI is InChI=1S/C15H22N2O3/c1-16-7-9-17(10-8-16)13(15(18)19)11-12-5-3-4-6-14(12)20-2/h3-6,13H,7-11H2,1-2H3,(H,18,19)/t13-/m0/s1. The molecule has 0 saturated carbocycles. The molecule has 1 aromatic rings. The zero-order valence-corrected chi connectivity index (χ0v) is 12.1. The molecule has 0 bridgehead atoms. The highest BCUT2D eigenvalue weighted by atomic mass is 16.5. The maximum Gasteiger partial charge on any atom is 0.321 e. The van der Waals surface area contributed by atoms with Gasteiger partial charge in [0.05, 0.1) is 7.11 Å². The van der Waals surface area contributed by atoms with Crippen LogP contribution in [0.5, 0.6) is 5.75 Å². The molecule has 1 atom stereocenters. The fraction of sp³-hybridized carbons (Fsp3) is 0.533. The predicted molar refractivity (Wildman–Crippen MR) is 77.2 cm³/mol. The first-order chi connectivity index (χ1) is 9.61. The van der Waals surface area contributed by atoms with Crippen molar-refractivity contribution in [2.24, 2.45) is 0 Å². The number of rotatable bonds is 5. The lowest BCUT2D eigenvalue weighted by Crippen LogP contribution is -2.52. The van der Waals surface area contributed by atoms with Gasteiger partial charge in [0.1, 0.15) is 11.8 Å². The first-order valence-corrected chi connectivity index (χ1v) is 6.89. The van der Waals surface area contributed by atoms with E-state index in [9.17, 15) is 9.90 Å². The Morgan fingerprint density at radius 3 is 2.55 bits per heavy atom. The van der Waals surface area contributed by atoms with E-state index in [1.165, 1.54) is 0 Å². The summed E-state index contributed by atoms with van der Waals surface area (Å²) in [5, 5.41) is 9.52. The van der Waals surface area contributed by atoms with Crippen molar-refractivity contribution >= 4 is 5.97 Å². The second-order valence-electron chi connectivity index (χ2n) is 5.21. The summed E-state index contributed by atoms with van der Waals surface area (Å²) >= 11 is 0. The van der Waals surface area contributed by atoms with E-state index in [1.807, 2.05) is 24.3 Å². The van der Waals surface area contributed by atoms with E-state index in [-0.39, 0.29) is 0 Å². The van der Waals surface area contributed by atoms with E-state index >= 15 is 0 Å². The average molecular weight is 278 g/mol. The molecule has 1 aromatic carbocycles. The molecule has 1 saturated heterocycles. The fourth-order valence-corrected chi connectivity index (χ4v) is 2.59. The molecule has 1 heterocycles. The number of hydrogen-bond donors (Lipinski definition) is 1. The Morgan fingerprint density at radius 2 is 1.95 bits per heavy atom. The van der Waals surface area contributed by atoms with Crippen LogP contribution in [0.2, 0.25) is 0 Å². The van der Waals surface area contributed by atoms with Gasteiger partial charge in [0.15, 0.2) is 0 Å². The van der Waals surface area contributed by atoms with Crippen LogP contribution in [0.15, 0.2) is 24.3 Å². The highest BCUT2D eigenvalue weighted by Crippen LogP contribution is 2.21. The largest absolute Gasteiger partial charge is 0.496 e. The third-order valence-electron chi connectivity index (χ3n) is 3.87. The number of piperazine rings is 1. The van der Waals surface area contributed by atoms with E-state index in [4.69, 9.17) is 4.74 Å². The third-order valence-corrected chi connectivity index (χ3v) is 3.87. The summed E-state index contributed by atoms with van der Waals surface area (Å²) in [6, 6.07) is 7.14. The van der Waals surface area contributed by atoms with E-state index in [0.29, 0.717) is 6.42 Å². The van der Waals surface area contributed by atoms with Gasteiger partial charge in [-0.15, -0.1) is 0 Å². The lowest BCUT2D eigenvalue weighted by molar-refractivity contribution is -0.144. The van der Waals surface area contributed by atoms with Crippen LogP contribution in [-0.2, 0) is 11.2 Å². The molecular formula is C15H22N2O3. The predicted octanol–water partition coefficient (Wildman–Crippen LogP) is 0.938. The molecule has 20 heavy (non-hydrogen) atoms. The van der Waals surface area contributed by atoms with Crippen LogP contribution in [0.1, 0.15) is 5.56 Å². The molecule has 0 radical (unpaired) electrons. The number of carbonyl (C=O) groups is 1. The van der Waals surface area contributed by atoms with Crippen LogP contribution in [0.25, 0.3) is 0 Å². The summed E-state index contributed by atoms with van der Waals surface area (Å²) < 4.78 is 5.31. The van der Waals surface area contributed by atoms with Crippen molar-refractivity contribution in [3.8, 4) is 5.75 Å². The Balaban J connectivity index is 2.11. The van der Waals surface area contributed by atoms with Crippen molar-refractivity contribution in [1.29, 1.82) is 0 Å². The van der Waals surface area contributed by atoms with Crippen molar-refractivity contribution in [1.82, 2.24) is 9.80 Å². The maximum atomic E-state index is 11.6. The monoisotopic (exact) mass is 278 g/mol. The zero-order chi connectivity index (χ0) is 14.5. The number of likely N-dealkylation sites (N-methyl/N-ethyl adjacent to an activating group) is 1. The number of carboxylic acid groups (broad SMARTS) is 1. The molecule has 1 fully saturated rings. The summed E-state index contributed by atoms with van der Waals surface area (Å²) in [6.07, 6.45) is 0.475. The fourth-order valence-electron chi connectivity index (χ4n) is 2.59. The van der Waals surface area contributed by atoms with Crippen molar-refractivity contribution in [2.75, 3.05) is 40.3 Å². The summed E-state index contributed by atoms with van der Waals surface area (Å²) in [4.78, 5) is 15.9. The molecule has 0 amide bonds. The summed E-state index contributed by atoms with van der Waals surface area (Å²) in [5.74, 6) is -0.00617. The van der Waals surface area contributed by atoms with Crippen LogP contribution in [0, 0.1) is 0 Å². The smallest absolute Gasteiger partial charge is 0.321 e. The van der Waals surface area contributed by atoms with Crippen molar-refractivity contribution < 1.29 is 14.6 Å². The molecule has 0 aliphatic carbocycles. The molecule has 5 nitrogen and oxygen atoms in total. The minimum atomic E-state index is -0.763. The minimum Gasteiger partial charge on any atom is -0.496 e. The number of hydrogen-bond acceptors (Lipinski definition) is 4. The molecule has 110 valence electrons. The second kappa shape index (κ2) is 6.72. The van der Waals surface area contributed by atoms with Crippen LogP contribution < -0.4 is 4.74 Å². The van der Waals surface area contributed by atoms with Gasteiger partial charge < -0.3 is 14.7 Å². The van der Waals surface area contributed by atoms with Gasteiger partial charge in [-0.1, -0.05) is 18.2 Å². The van der Waals surface area contributed by atoms with Crippen LogP contribution in [0.3, 0.4) is 0 Å². The van der Waals surface area contributed by atoms with Gasteiger partial charge in [-0.05, 0) is 18.7 Å². The number of nitrogens with zero attached hydrogens (tertiary/aromatic N) is 2. The van der Waals surface area contributed by atoms with Gasteiger partial charge in [-0.3, -0.25) is 9.69 Å². The molecular weight excluding hydrogens is 256 g/mol. The molecule has 0 unspecified atom stereocenters. The summed E-state index contributed by atoms with van der Waals surface area (Å²) in [5.41, 5.74) is 0.946. The lowest BCUT2D eigenvalue weighted by Gasteiger charge is -2.36. The van der Waals surface area contributed by atoms with Crippen LogP contribution in [-0.4, -0.2) is 67.3 Å². The quantitative estimate of drug-likeness (QED) is 0.868. The van der Waals surface area contributed by atoms with Gasteiger partial charge in [0.25, 0.3) is 0 Å². The lowest BCUT2D eigenvalue weighted by atomic mass is 10.0. The van der Waals surface area contributed by atoms with Gasteiger partial charge >= 0.3 is 5.97 Å². The number of para-hydroxylation sites is 1.